The quantitative estimate of drug-likeness (QED) is 0.710. The van der Waals surface area contributed by atoms with Crippen molar-refractivity contribution in [1.82, 2.24) is 9.97 Å². The largest absolute Gasteiger partial charge is 0.497 e. The smallest absolute Gasteiger partial charge is 0.257 e. The first-order chi connectivity index (χ1) is 14.2. The number of hydrogen-bond donors (Lipinski definition) is 1. The fraction of sp³-hybridized carbons (Fsp3) is 0.318. The molecule has 4 rings (SSSR count). The predicted molar refractivity (Wildman–Crippen MR) is 113 cm³/mol. The van der Waals surface area contributed by atoms with Gasteiger partial charge in [0.1, 0.15) is 5.75 Å². The van der Waals surface area contributed by atoms with Crippen molar-refractivity contribution in [3.63, 3.8) is 0 Å². The number of amides is 1. The number of carbonyl (C=O) groups is 1. The highest BCUT2D eigenvalue weighted by atomic mass is 16.5. The molecule has 1 fully saturated rings. The first kappa shape index (κ1) is 19.0. The summed E-state index contributed by atoms with van der Waals surface area (Å²) < 4.78 is 10.6. The van der Waals surface area contributed by atoms with Gasteiger partial charge in [-0.3, -0.25) is 4.79 Å². The number of hydrogen-bond acceptors (Lipinski definition) is 6. The number of nitrogens with zero attached hydrogens (tertiary/aromatic N) is 3. The van der Waals surface area contributed by atoms with Gasteiger partial charge in [0.15, 0.2) is 5.82 Å². The normalized spacial score (nSPS) is 13.9. The van der Waals surface area contributed by atoms with Crippen molar-refractivity contribution in [2.45, 2.75) is 19.3 Å². The number of aromatic nitrogens is 2. The number of anilines is 2. The van der Waals surface area contributed by atoms with E-state index in [0.717, 1.165) is 42.8 Å². The third-order valence-corrected chi connectivity index (χ3v) is 5.07. The summed E-state index contributed by atoms with van der Waals surface area (Å²) in [6, 6.07) is 12.5. The molecule has 7 heteroatoms. The Morgan fingerprint density at radius 3 is 2.38 bits per heavy atom. The van der Waals surface area contributed by atoms with Crippen molar-refractivity contribution in [3.05, 3.63) is 48.0 Å². The lowest BCUT2D eigenvalue weighted by molar-refractivity contribution is 0.102. The van der Waals surface area contributed by atoms with Crippen LogP contribution in [0.4, 0.5) is 11.5 Å². The molecule has 29 heavy (non-hydrogen) atoms. The lowest BCUT2D eigenvalue weighted by Gasteiger charge is -2.28. The maximum Gasteiger partial charge on any atom is 0.257 e. The molecule has 1 N–H and O–H groups in total. The number of methoxy groups -OCH3 is 2. The second-order valence-corrected chi connectivity index (χ2v) is 6.99. The van der Waals surface area contributed by atoms with E-state index in [4.69, 9.17) is 14.5 Å². The van der Waals surface area contributed by atoms with Gasteiger partial charge in [-0.25, -0.2) is 9.97 Å². The standard InChI is InChI=1S/C22H24N4O3/c1-28-17-9-6-15(7-10-17)21(27)23-16-8-11-18-19(14-16)24-20(22(25-18)29-2)26-12-4-3-5-13-26/h6-11,14H,3-5,12-13H2,1-2H3,(H,23,27). The van der Waals surface area contributed by atoms with Gasteiger partial charge in [0.05, 0.1) is 25.3 Å². The molecule has 0 radical (unpaired) electrons. The minimum absolute atomic E-state index is 0.190. The maximum absolute atomic E-state index is 12.5. The Morgan fingerprint density at radius 2 is 1.69 bits per heavy atom. The number of rotatable bonds is 5. The summed E-state index contributed by atoms with van der Waals surface area (Å²) in [6.45, 7) is 1.90. The van der Waals surface area contributed by atoms with Crippen LogP contribution >= 0.6 is 0 Å². The van der Waals surface area contributed by atoms with E-state index >= 15 is 0 Å². The van der Waals surface area contributed by atoms with E-state index in [1.54, 1.807) is 38.5 Å². The highest BCUT2D eigenvalue weighted by molar-refractivity contribution is 6.05. The molecule has 1 aliphatic rings. The monoisotopic (exact) mass is 392 g/mol. The molecule has 0 saturated carbocycles. The lowest BCUT2D eigenvalue weighted by Crippen LogP contribution is -2.30. The molecule has 7 nitrogen and oxygen atoms in total. The summed E-state index contributed by atoms with van der Waals surface area (Å²) in [7, 11) is 3.21. The van der Waals surface area contributed by atoms with Crippen molar-refractivity contribution in [2.75, 3.05) is 37.5 Å². The average Bonchev–Trinajstić information content (AvgIpc) is 2.78. The molecule has 1 saturated heterocycles. The molecule has 0 aliphatic carbocycles. The van der Waals surface area contributed by atoms with Gasteiger partial charge in [0.25, 0.3) is 11.8 Å². The Kier molecular flexibility index (Phi) is 5.46. The van der Waals surface area contributed by atoms with Crippen LogP contribution in [0, 0.1) is 0 Å². The molecule has 0 atom stereocenters. The predicted octanol–water partition coefficient (Wildman–Crippen LogP) is 3.89. The van der Waals surface area contributed by atoms with Crippen LogP contribution < -0.4 is 19.7 Å². The molecule has 2 heterocycles. The number of fused-ring (bicyclic) bond motifs is 1. The van der Waals surface area contributed by atoms with Gasteiger partial charge >= 0.3 is 0 Å². The highest BCUT2D eigenvalue weighted by Crippen LogP contribution is 2.30. The van der Waals surface area contributed by atoms with Gasteiger partial charge in [0, 0.05) is 24.3 Å². The average molecular weight is 392 g/mol. The molecule has 0 bridgehead atoms. The van der Waals surface area contributed by atoms with Gasteiger partial charge in [-0.2, -0.15) is 0 Å². The Morgan fingerprint density at radius 1 is 0.931 bits per heavy atom. The summed E-state index contributed by atoms with van der Waals surface area (Å²) in [5.74, 6) is 1.82. The van der Waals surface area contributed by atoms with Crippen molar-refractivity contribution in [3.8, 4) is 11.6 Å². The van der Waals surface area contributed by atoms with Gasteiger partial charge in [-0.05, 0) is 61.7 Å². The SMILES string of the molecule is COc1ccc(C(=O)Nc2ccc3nc(OC)c(N4CCCCC4)nc3c2)cc1. The number of carbonyl (C=O) groups excluding carboxylic acids is 1. The van der Waals surface area contributed by atoms with Crippen LogP contribution in [-0.4, -0.2) is 43.2 Å². The third kappa shape index (κ3) is 4.08. The summed E-state index contributed by atoms with van der Waals surface area (Å²) in [5.41, 5.74) is 2.67. The molecule has 0 unspecified atom stereocenters. The van der Waals surface area contributed by atoms with E-state index in [0.29, 0.717) is 22.9 Å². The van der Waals surface area contributed by atoms with E-state index in [1.807, 2.05) is 18.2 Å². The fourth-order valence-corrected chi connectivity index (χ4v) is 3.50. The van der Waals surface area contributed by atoms with Crippen LogP contribution in [0.3, 0.4) is 0 Å². The molecule has 150 valence electrons. The van der Waals surface area contributed by atoms with Crippen LogP contribution in [-0.2, 0) is 0 Å². The summed E-state index contributed by atoms with van der Waals surface area (Å²) in [4.78, 5) is 24.2. The molecule has 2 aromatic carbocycles. The fourth-order valence-electron chi connectivity index (χ4n) is 3.50. The lowest BCUT2D eigenvalue weighted by atomic mass is 10.1. The minimum Gasteiger partial charge on any atom is -0.497 e. The van der Waals surface area contributed by atoms with Crippen LogP contribution in [0.2, 0.25) is 0 Å². The van der Waals surface area contributed by atoms with Gasteiger partial charge in [-0.15, -0.1) is 0 Å². The summed E-state index contributed by atoms with van der Waals surface area (Å²) in [6.07, 6.45) is 3.52. The molecular weight excluding hydrogens is 368 g/mol. The maximum atomic E-state index is 12.5. The molecule has 3 aromatic rings. The third-order valence-electron chi connectivity index (χ3n) is 5.07. The van der Waals surface area contributed by atoms with Gasteiger partial charge in [-0.1, -0.05) is 0 Å². The first-order valence-electron chi connectivity index (χ1n) is 9.74. The summed E-state index contributed by atoms with van der Waals surface area (Å²) >= 11 is 0. The summed E-state index contributed by atoms with van der Waals surface area (Å²) in [5, 5.41) is 2.92. The Labute approximate surface area is 169 Å². The van der Waals surface area contributed by atoms with E-state index in [2.05, 4.69) is 15.2 Å². The van der Waals surface area contributed by atoms with Gasteiger partial charge in [0.2, 0.25) is 0 Å². The molecule has 1 amide bonds. The highest BCUT2D eigenvalue weighted by Gasteiger charge is 2.19. The zero-order valence-corrected chi connectivity index (χ0v) is 16.6. The van der Waals surface area contributed by atoms with Gasteiger partial charge < -0.3 is 19.7 Å². The first-order valence-corrected chi connectivity index (χ1v) is 9.74. The second-order valence-electron chi connectivity index (χ2n) is 6.99. The van der Waals surface area contributed by atoms with E-state index in [-0.39, 0.29) is 5.91 Å². The van der Waals surface area contributed by atoms with Crippen LogP contribution in [0.15, 0.2) is 42.5 Å². The Hall–Kier alpha value is -3.35. The number of ether oxygens (including phenoxy) is 2. The zero-order valence-electron chi connectivity index (χ0n) is 16.6. The minimum atomic E-state index is -0.190. The second kappa shape index (κ2) is 8.34. The van der Waals surface area contributed by atoms with E-state index in [1.165, 1.54) is 6.42 Å². The number of piperidine rings is 1. The van der Waals surface area contributed by atoms with E-state index < -0.39 is 0 Å². The Balaban J connectivity index is 1.61. The van der Waals surface area contributed by atoms with Crippen molar-refractivity contribution in [2.24, 2.45) is 0 Å². The topological polar surface area (TPSA) is 76.6 Å². The molecule has 1 aliphatic heterocycles. The molecule has 0 spiro atoms. The van der Waals surface area contributed by atoms with Crippen LogP contribution in [0.25, 0.3) is 11.0 Å². The van der Waals surface area contributed by atoms with Crippen molar-refractivity contribution >= 4 is 28.4 Å². The molecular formula is C22H24N4O3. The van der Waals surface area contributed by atoms with Crippen molar-refractivity contribution in [1.29, 1.82) is 0 Å². The zero-order chi connectivity index (χ0) is 20.2. The number of nitrogens with one attached hydrogen (secondary N) is 1. The van der Waals surface area contributed by atoms with Crippen molar-refractivity contribution < 1.29 is 14.3 Å². The van der Waals surface area contributed by atoms with E-state index in [9.17, 15) is 4.79 Å². The Bertz CT molecular complexity index is 1010. The van der Waals surface area contributed by atoms with Crippen LogP contribution in [0.5, 0.6) is 11.6 Å². The number of benzene rings is 2. The molecule has 1 aromatic heterocycles. The van der Waals surface area contributed by atoms with Crippen LogP contribution in [0.1, 0.15) is 29.6 Å².